The van der Waals surface area contributed by atoms with E-state index in [0.717, 1.165) is 27.9 Å². The van der Waals surface area contributed by atoms with E-state index >= 15 is 0 Å². The third kappa shape index (κ3) is 5.35. The van der Waals surface area contributed by atoms with Gasteiger partial charge >= 0.3 is 0 Å². The highest BCUT2D eigenvalue weighted by atomic mass is 32.2. The van der Waals surface area contributed by atoms with Crippen LogP contribution in [0.25, 0.3) is 10.9 Å². The molecule has 0 aliphatic rings. The summed E-state index contributed by atoms with van der Waals surface area (Å²) < 4.78 is 38.2. The lowest BCUT2D eigenvalue weighted by Crippen LogP contribution is -2.23. The summed E-state index contributed by atoms with van der Waals surface area (Å²) in [6, 6.07) is 17.9. The van der Waals surface area contributed by atoms with Crippen LogP contribution in [0, 0.1) is 5.82 Å². The van der Waals surface area contributed by atoms with Gasteiger partial charge in [0, 0.05) is 16.0 Å². The molecule has 0 spiro atoms. The molecule has 2 aromatic carbocycles. The highest BCUT2D eigenvalue weighted by molar-refractivity contribution is 8.00. The van der Waals surface area contributed by atoms with Gasteiger partial charge in [-0.1, -0.05) is 24.3 Å². The van der Waals surface area contributed by atoms with E-state index in [9.17, 15) is 17.6 Å². The highest BCUT2D eigenvalue weighted by Crippen LogP contribution is 2.26. The molecule has 4 rings (SSSR count). The average molecular weight is 487 g/mol. The number of thiophene rings is 1. The molecule has 32 heavy (non-hydrogen) atoms. The maximum absolute atomic E-state index is 13.1. The number of fused-ring (bicyclic) bond motifs is 1. The molecule has 164 valence electrons. The van der Waals surface area contributed by atoms with E-state index < -0.39 is 15.7 Å². The SMILES string of the molecule is O=C(NCc1cccs1)c1cc2ccccc2nc1SCCS(=O)(=O)c1ccc(F)cc1. The van der Waals surface area contributed by atoms with Crippen LogP contribution in [0.2, 0.25) is 0 Å². The van der Waals surface area contributed by atoms with Crippen LogP contribution in [-0.4, -0.2) is 30.8 Å². The van der Waals surface area contributed by atoms with E-state index in [-0.39, 0.29) is 22.3 Å². The second-order valence-electron chi connectivity index (χ2n) is 6.92. The van der Waals surface area contributed by atoms with Crippen LogP contribution >= 0.6 is 23.1 Å². The third-order valence-corrected chi connectivity index (χ3v) is 8.56. The van der Waals surface area contributed by atoms with Crippen LogP contribution < -0.4 is 5.32 Å². The Kier molecular flexibility index (Phi) is 6.88. The van der Waals surface area contributed by atoms with Crippen molar-refractivity contribution >= 4 is 49.7 Å². The minimum atomic E-state index is -3.58. The van der Waals surface area contributed by atoms with Gasteiger partial charge in [0.15, 0.2) is 9.84 Å². The molecule has 1 N–H and O–H groups in total. The van der Waals surface area contributed by atoms with E-state index in [0.29, 0.717) is 17.1 Å². The monoisotopic (exact) mass is 486 g/mol. The molecule has 2 heterocycles. The number of hydrogen-bond donors (Lipinski definition) is 1. The number of benzene rings is 2. The molecular weight excluding hydrogens is 467 g/mol. The predicted octanol–water partition coefficient (Wildman–Crippen LogP) is 4.93. The van der Waals surface area contributed by atoms with E-state index in [4.69, 9.17) is 0 Å². The molecular formula is C23H19FN2O3S3. The van der Waals surface area contributed by atoms with E-state index in [1.165, 1.54) is 23.9 Å². The van der Waals surface area contributed by atoms with E-state index in [2.05, 4.69) is 10.3 Å². The lowest BCUT2D eigenvalue weighted by molar-refractivity contribution is 0.0948. The number of carbonyl (C=O) groups is 1. The van der Waals surface area contributed by atoms with Gasteiger partial charge in [-0.3, -0.25) is 4.79 Å². The maximum Gasteiger partial charge on any atom is 0.254 e. The van der Waals surface area contributed by atoms with Crippen LogP contribution in [-0.2, 0) is 16.4 Å². The first-order valence-electron chi connectivity index (χ1n) is 9.74. The number of rotatable bonds is 8. The molecule has 0 unspecified atom stereocenters. The second-order valence-corrected chi connectivity index (χ2v) is 11.1. The first-order chi connectivity index (χ1) is 15.4. The number of sulfone groups is 1. The third-order valence-electron chi connectivity index (χ3n) is 4.70. The van der Waals surface area contributed by atoms with Gasteiger partial charge in [-0.15, -0.1) is 23.1 Å². The molecule has 0 radical (unpaired) electrons. The first kappa shape index (κ1) is 22.4. The maximum atomic E-state index is 13.1. The molecule has 0 bridgehead atoms. The minimum Gasteiger partial charge on any atom is -0.347 e. The zero-order valence-corrected chi connectivity index (χ0v) is 19.3. The summed E-state index contributed by atoms with van der Waals surface area (Å²) in [6.07, 6.45) is 0. The Bertz CT molecular complexity index is 1340. The lowest BCUT2D eigenvalue weighted by Gasteiger charge is -2.11. The van der Waals surface area contributed by atoms with Crippen molar-refractivity contribution in [1.29, 1.82) is 0 Å². The predicted molar refractivity (Wildman–Crippen MR) is 126 cm³/mol. The van der Waals surface area contributed by atoms with Gasteiger partial charge in [-0.25, -0.2) is 17.8 Å². The number of aromatic nitrogens is 1. The summed E-state index contributed by atoms with van der Waals surface area (Å²) in [5.41, 5.74) is 1.13. The van der Waals surface area contributed by atoms with Crippen molar-refractivity contribution in [3.05, 3.63) is 88.4 Å². The van der Waals surface area contributed by atoms with Crippen LogP contribution in [0.4, 0.5) is 4.39 Å². The molecule has 0 fully saturated rings. The number of nitrogens with zero attached hydrogens (tertiary/aromatic N) is 1. The van der Waals surface area contributed by atoms with E-state index in [1.807, 2.05) is 41.8 Å². The summed E-state index contributed by atoms with van der Waals surface area (Å²) in [5.74, 6) is -0.706. The summed E-state index contributed by atoms with van der Waals surface area (Å²) in [4.78, 5) is 18.6. The standard InChI is InChI=1S/C23H19FN2O3S3/c24-17-7-9-19(10-8-17)32(28,29)13-12-31-23-20(14-16-4-1-2-6-21(16)26-23)22(27)25-15-18-5-3-11-30-18/h1-11,14H,12-13,15H2,(H,25,27). The normalized spacial score (nSPS) is 11.5. The topological polar surface area (TPSA) is 76.1 Å². The van der Waals surface area contributed by atoms with Crippen molar-refractivity contribution in [3.63, 3.8) is 0 Å². The summed E-state index contributed by atoms with van der Waals surface area (Å²) in [5, 5.41) is 6.16. The minimum absolute atomic E-state index is 0.0693. The number of carbonyl (C=O) groups excluding carboxylic acids is 1. The second kappa shape index (κ2) is 9.81. The quantitative estimate of drug-likeness (QED) is 0.282. The first-order valence-corrected chi connectivity index (χ1v) is 13.3. The number of pyridine rings is 1. The van der Waals surface area contributed by atoms with E-state index in [1.54, 1.807) is 17.4 Å². The Balaban J connectivity index is 1.53. The zero-order valence-electron chi connectivity index (χ0n) is 16.8. The largest absolute Gasteiger partial charge is 0.347 e. The fourth-order valence-electron chi connectivity index (χ4n) is 3.05. The molecule has 5 nitrogen and oxygen atoms in total. The van der Waals surface area contributed by atoms with Gasteiger partial charge in [-0.2, -0.15) is 0 Å². The number of halogens is 1. The van der Waals surface area contributed by atoms with Crippen molar-refractivity contribution in [1.82, 2.24) is 10.3 Å². The molecule has 9 heteroatoms. The summed E-state index contributed by atoms with van der Waals surface area (Å²) in [6.45, 7) is 0.409. The van der Waals surface area contributed by atoms with Crippen LogP contribution in [0.1, 0.15) is 15.2 Å². The van der Waals surface area contributed by atoms with Gasteiger partial charge in [-0.05, 0) is 47.8 Å². The Labute approximate surface area is 193 Å². The van der Waals surface area contributed by atoms with Crippen LogP contribution in [0.5, 0.6) is 0 Å². The summed E-state index contributed by atoms with van der Waals surface area (Å²) >= 11 is 2.77. The number of amides is 1. The van der Waals surface area contributed by atoms with Crippen LogP contribution in [0.3, 0.4) is 0 Å². The van der Waals surface area contributed by atoms with Gasteiger partial charge in [0.2, 0.25) is 0 Å². The lowest BCUT2D eigenvalue weighted by atomic mass is 10.1. The van der Waals surface area contributed by atoms with Crippen molar-refractivity contribution in [2.75, 3.05) is 11.5 Å². The Morgan fingerprint density at radius 1 is 1.06 bits per heavy atom. The average Bonchev–Trinajstić information content (AvgIpc) is 3.31. The molecule has 0 saturated heterocycles. The number of nitrogens with one attached hydrogen (secondary N) is 1. The Morgan fingerprint density at radius 3 is 2.59 bits per heavy atom. The van der Waals surface area contributed by atoms with Gasteiger partial charge in [0.1, 0.15) is 10.8 Å². The molecule has 2 aromatic heterocycles. The van der Waals surface area contributed by atoms with Crippen molar-refractivity contribution in [2.24, 2.45) is 0 Å². The van der Waals surface area contributed by atoms with Crippen molar-refractivity contribution in [3.8, 4) is 0 Å². The highest BCUT2D eigenvalue weighted by Gasteiger charge is 2.18. The molecule has 1 amide bonds. The van der Waals surface area contributed by atoms with Gasteiger partial charge in [0.05, 0.1) is 28.3 Å². The molecule has 0 atom stereocenters. The fraction of sp³-hybridized carbons (Fsp3) is 0.130. The van der Waals surface area contributed by atoms with Gasteiger partial charge < -0.3 is 5.32 Å². The van der Waals surface area contributed by atoms with Crippen molar-refractivity contribution in [2.45, 2.75) is 16.5 Å². The molecule has 0 saturated carbocycles. The smallest absolute Gasteiger partial charge is 0.254 e. The summed E-state index contributed by atoms with van der Waals surface area (Å²) in [7, 11) is -3.58. The number of para-hydroxylation sites is 1. The Hall–Kier alpha value is -2.75. The number of thioether (sulfide) groups is 1. The Morgan fingerprint density at radius 2 is 1.84 bits per heavy atom. The number of hydrogen-bond acceptors (Lipinski definition) is 6. The van der Waals surface area contributed by atoms with Crippen molar-refractivity contribution < 1.29 is 17.6 Å². The molecule has 0 aliphatic heterocycles. The fourth-order valence-corrected chi connectivity index (χ4v) is 6.36. The zero-order chi connectivity index (χ0) is 22.6. The van der Waals surface area contributed by atoms with Crippen LogP contribution in [0.15, 0.2) is 82.0 Å². The molecule has 0 aliphatic carbocycles. The molecule has 4 aromatic rings. The van der Waals surface area contributed by atoms with Gasteiger partial charge in [0.25, 0.3) is 5.91 Å².